The van der Waals surface area contributed by atoms with Crippen molar-refractivity contribution in [3.63, 3.8) is 0 Å². The largest absolute Gasteiger partial charge is 0.432 e. The van der Waals surface area contributed by atoms with Gasteiger partial charge in [-0.05, 0) is 24.6 Å². The molecule has 1 aromatic carbocycles. The molecule has 1 unspecified atom stereocenters. The first-order valence-corrected chi connectivity index (χ1v) is 7.70. The van der Waals surface area contributed by atoms with Crippen LogP contribution in [0, 0.1) is 5.82 Å². The van der Waals surface area contributed by atoms with Gasteiger partial charge in [-0.15, -0.1) is 0 Å². The Hall–Kier alpha value is -1.80. The quantitative estimate of drug-likeness (QED) is 0.833. The van der Waals surface area contributed by atoms with Crippen molar-refractivity contribution in [1.29, 1.82) is 0 Å². The first-order chi connectivity index (χ1) is 10.8. The maximum atomic E-state index is 13.5. The molecular weight excluding hydrogens is 330 g/mol. The molecule has 0 aliphatic carbocycles. The van der Waals surface area contributed by atoms with Crippen LogP contribution in [0.25, 0.3) is 5.57 Å². The summed E-state index contributed by atoms with van der Waals surface area (Å²) in [6, 6.07) is 5.23. The SMILES string of the molecule is CC(N)C1=C(c2cccc(F)c2)CN2C(C(F)(F)F)=CSC2=N1. The molecule has 0 amide bonds. The summed E-state index contributed by atoms with van der Waals surface area (Å²) in [5.74, 6) is -0.462. The van der Waals surface area contributed by atoms with Gasteiger partial charge in [0, 0.05) is 17.0 Å². The molecule has 8 heteroatoms. The number of aliphatic imine (C=N–C) groups is 1. The molecule has 3 nitrogen and oxygen atoms in total. The Bertz CT molecular complexity index is 734. The smallest absolute Gasteiger partial charge is 0.323 e. The molecule has 23 heavy (non-hydrogen) atoms. The number of nitrogens with zero attached hydrogens (tertiary/aromatic N) is 2. The lowest BCUT2D eigenvalue weighted by atomic mass is 9.99. The molecule has 0 fully saturated rings. The average molecular weight is 343 g/mol. The van der Waals surface area contributed by atoms with E-state index < -0.39 is 23.7 Å². The molecule has 2 heterocycles. The predicted molar refractivity (Wildman–Crippen MR) is 82.8 cm³/mol. The summed E-state index contributed by atoms with van der Waals surface area (Å²) in [5, 5.41) is 1.27. The highest BCUT2D eigenvalue weighted by molar-refractivity contribution is 8.16. The Kier molecular flexibility index (Phi) is 3.97. The molecule has 0 saturated carbocycles. The maximum absolute atomic E-state index is 13.5. The van der Waals surface area contributed by atoms with Gasteiger partial charge >= 0.3 is 6.18 Å². The highest BCUT2D eigenvalue weighted by Gasteiger charge is 2.44. The normalized spacial score (nSPS) is 19.5. The van der Waals surface area contributed by atoms with Gasteiger partial charge in [-0.3, -0.25) is 0 Å². The summed E-state index contributed by atoms with van der Waals surface area (Å²) in [5.41, 5.74) is 6.61. The van der Waals surface area contributed by atoms with Crippen LogP contribution in [0.3, 0.4) is 0 Å². The van der Waals surface area contributed by atoms with Crippen LogP contribution >= 0.6 is 11.8 Å². The van der Waals surface area contributed by atoms with Gasteiger partial charge in [-0.1, -0.05) is 23.9 Å². The van der Waals surface area contributed by atoms with Crippen LogP contribution < -0.4 is 5.73 Å². The minimum absolute atomic E-state index is 0.0441. The summed E-state index contributed by atoms with van der Waals surface area (Å²) in [6.45, 7) is 1.66. The van der Waals surface area contributed by atoms with Crippen molar-refractivity contribution >= 4 is 22.5 Å². The van der Waals surface area contributed by atoms with E-state index in [1.165, 1.54) is 18.2 Å². The highest BCUT2D eigenvalue weighted by Crippen LogP contribution is 2.42. The fraction of sp³-hybridized carbons (Fsp3) is 0.267. The Morgan fingerprint density at radius 1 is 1.35 bits per heavy atom. The van der Waals surface area contributed by atoms with Crippen molar-refractivity contribution in [3.05, 3.63) is 52.4 Å². The molecule has 1 aromatic rings. The Morgan fingerprint density at radius 2 is 2.09 bits per heavy atom. The van der Waals surface area contributed by atoms with Crippen molar-refractivity contribution in [3.8, 4) is 0 Å². The van der Waals surface area contributed by atoms with Crippen molar-refractivity contribution in [2.45, 2.75) is 19.1 Å². The highest BCUT2D eigenvalue weighted by atomic mass is 32.2. The lowest BCUT2D eigenvalue weighted by molar-refractivity contribution is -0.104. The third-order valence-corrected chi connectivity index (χ3v) is 4.40. The van der Waals surface area contributed by atoms with Crippen LogP contribution in [-0.2, 0) is 0 Å². The Balaban J connectivity index is 2.06. The van der Waals surface area contributed by atoms with Gasteiger partial charge in [-0.25, -0.2) is 9.38 Å². The number of alkyl halides is 3. The van der Waals surface area contributed by atoms with E-state index in [1.54, 1.807) is 13.0 Å². The minimum atomic E-state index is -4.47. The van der Waals surface area contributed by atoms with E-state index in [9.17, 15) is 17.6 Å². The number of amidine groups is 1. The fourth-order valence-electron chi connectivity index (χ4n) is 2.50. The number of thioether (sulfide) groups is 1. The van der Waals surface area contributed by atoms with E-state index in [0.717, 1.165) is 22.1 Å². The van der Waals surface area contributed by atoms with Gasteiger partial charge in [0.1, 0.15) is 11.5 Å². The van der Waals surface area contributed by atoms with Gasteiger partial charge in [0.25, 0.3) is 0 Å². The monoisotopic (exact) mass is 343 g/mol. The number of halogens is 4. The number of fused-ring (bicyclic) bond motifs is 1. The molecule has 0 bridgehead atoms. The number of hydrogen-bond donors (Lipinski definition) is 1. The lowest BCUT2D eigenvalue weighted by Gasteiger charge is -2.30. The topological polar surface area (TPSA) is 41.6 Å². The van der Waals surface area contributed by atoms with Gasteiger partial charge in [0.2, 0.25) is 0 Å². The summed E-state index contributed by atoms with van der Waals surface area (Å²) in [6.07, 6.45) is -4.47. The van der Waals surface area contributed by atoms with Crippen molar-refractivity contribution in [1.82, 2.24) is 4.90 Å². The minimum Gasteiger partial charge on any atom is -0.323 e. The zero-order chi connectivity index (χ0) is 16.8. The Labute approximate surface area is 134 Å². The molecule has 122 valence electrons. The first kappa shape index (κ1) is 16.1. The summed E-state index contributed by atoms with van der Waals surface area (Å²) in [4.78, 5) is 5.37. The van der Waals surface area contributed by atoms with E-state index in [4.69, 9.17) is 5.73 Å². The fourth-order valence-corrected chi connectivity index (χ4v) is 3.42. The van der Waals surface area contributed by atoms with Crippen LogP contribution in [0.4, 0.5) is 17.6 Å². The molecule has 3 rings (SSSR count). The predicted octanol–water partition coefficient (Wildman–Crippen LogP) is 3.71. The average Bonchev–Trinajstić information content (AvgIpc) is 2.88. The van der Waals surface area contributed by atoms with Crippen LogP contribution in [-0.4, -0.2) is 28.8 Å². The van der Waals surface area contributed by atoms with E-state index in [-0.39, 0.29) is 11.7 Å². The molecular formula is C15H13F4N3S. The number of hydrogen-bond acceptors (Lipinski definition) is 4. The lowest BCUT2D eigenvalue weighted by Crippen LogP contribution is -2.37. The van der Waals surface area contributed by atoms with E-state index in [0.29, 0.717) is 16.8 Å². The Morgan fingerprint density at radius 3 is 2.70 bits per heavy atom. The van der Waals surface area contributed by atoms with E-state index in [2.05, 4.69) is 4.99 Å². The molecule has 2 N–H and O–H groups in total. The molecule has 2 aliphatic heterocycles. The molecule has 1 atom stereocenters. The number of rotatable bonds is 2. The summed E-state index contributed by atoms with van der Waals surface area (Å²) >= 11 is 0.913. The second-order valence-corrected chi connectivity index (χ2v) is 6.10. The first-order valence-electron chi connectivity index (χ1n) is 6.82. The van der Waals surface area contributed by atoms with Gasteiger partial charge in [0.15, 0.2) is 5.17 Å². The molecule has 2 aliphatic rings. The van der Waals surface area contributed by atoms with Crippen molar-refractivity contribution < 1.29 is 17.6 Å². The standard InChI is InChI=1S/C15H13F4N3S/c1-8(20)13-11(9-3-2-4-10(16)5-9)6-22-12(15(17,18)19)7-23-14(22)21-13/h2-5,7-8H,6,20H2,1H3. The van der Waals surface area contributed by atoms with Crippen LogP contribution in [0.15, 0.2) is 46.1 Å². The molecule has 0 aromatic heterocycles. The summed E-state index contributed by atoms with van der Waals surface area (Å²) in [7, 11) is 0. The zero-order valence-corrected chi connectivity index (χ0v) is 12.9. The van der Waals surface area contributed by atoms with Gasteiger partial charge in [-0.2, -0.15) is 13.2 Å². The maximum Gasteiger partial charge on any atom is 0.432 e. The van der Waals surface area contributed by atoms with Crippen molar-refractivity contribution in [2.24, 2.45) is 10.7 Å². The van der Waals surface area contributed by atoms with Crippen LogP contribution in [0.5, 0.6) is 0 Å². The van der Waals surface area contributed by atoms with Crippen molar-refractivity contribution in [2.75, 3.05) is 6.54 Å². The molecule has 0 radical (unpaired) electrons. The van der Waals surface area contributed by atoms with Gasteiger partial charge in [0.05, 0.1) is 12.2 Å². The number of allylic oxidation sites excluding steroid dienone is 1. The van der Waals surface area contributed by atoms with E-state index in [1.807, 2.05) is 0 Å². The molecule has 0 saturated heterocycles. The second kappa shape index (κ2) is 5.68. The van der Waals surface area contributed by atoms with Crippen LogP contribution in [0.1, 0.15) is 12.5 Å². The summed E-state index contributed by atoms with van der Waals surface area (Å²) < 4.78 is 52.8. The zero-order valence-electron chi connectivity index (χ0n) is 12.1. The van der Waals surface area contributed by atoms with Crippen LogP contribution in [0.2, 0.25) is 0 Å². The van der Waals surface area contributed by atoms with E-state index >= 15 is 0 Å². The second-order valence-electron chi connectivity index (χ2n) is 5.26. The number of benzene rings is 1. The third-order valence-electron chi connectivity index (χ3n) is 3.53. The number of nitrogens with two attached hydrogens (primary N) is 1. The van der Waals surface area contributed by atoms with Gasteiger partial charge < -0.3 is 10.6 Å². The third kappa shape index (κ3) is 3.00. The molecule has 0 spiro atoms.